The number of aromatic nitrogens is 4. The third kappa shape index (κ3) is 0.778. The van der Waals surface area contributed by atoms with Gasteiger partial charge in [0.25, 0.3) is 0 Å². The average Bonchev–Trinajstić information content (AvgIpc) is 2.47. The van der Waals surface area contributed by atoms with Crippen molar-refractivity contribution >= 4 is 12.1 Å². The Hall–Kier alpha value is -1.78. The van der Waals surface area contributed by atoms with Crippen LogP contribution in [0.3, 0.4) is 0 Å². The van der Waals surface area contributed by atoms with Gasteiger partial charge in [-0.15, -0.1) is 0 Å². The highest BCUT2D eigenvalue weighted by Gasteiger charge is 1.99. The molecule has 0 aliphatic heterocycles. The molecule has 5 heteroatoms. The van der Waals surface area contributed by atoms with Crippen LogP contribution in [-0.4, -0.2) is 25.6 Å². The van der Waals surface area contributed by atoms with Gasteiger partial charge in [-0.3, -0.25) is 9.20 Å². The molecule has 0 unspecified atom stereocenters. The lowest BCUT2D eigenvalue weighted by molar-refractivity contribution is 0.111. The number of carbonyl (C=O) groups is 1. The lowest BCUT2D eigenvalue weighted by Gasteiger charge is -1.89. The Labute approximate surface area is 61.7 Å². The van der Waals surface area contributed by atoms with E-state index in [-0.39, 0.29) is 0 Å². The molecule has 0 saturated carbocycles. The second-order valence-electron chi connectivity index (χ2n) is 1.98. The molecule has 2 aromatic heterocycles. The Morgan fingerprint density at radius 1 is 1.45 bits per heavy atom. The van der Waals surface area contributed by atoms with Gasteiger partial charge in [0.2, 0.25) is 5.78 Å². The van der Waals surface area contributed by atoms with E-state index in [2.05, 4.69) is 15.0 Å². The summed E-state index contributed by atoms with van der Waals surface area (Å²) in [6.07, 6.45) is 5.05. The molecule has 0 N–H and O–H groups in total. The molecular formula is C6H4N4O. The van der Waals surface area contributed by atoms with E-state index >= 15 is 0 Å². The van der Waals surface area contributed by atoms with Crippen LogP contribution in [-0.2, 0) is 0 Å². The minimum Gasteiger partial charge on any atom is -0.296 e. The molecule has 0 bridgehead atoms. The van der Waals surface area contributed by atoms with Crippen LogP contribution in [0.25, 0.3) is 5.78 Å². The average molecular weight is 148 g/mol. The summed E-state index contributed by atoms with van der Waals surface area (Å²) in [6.45, 7) is 0. The highest BCUT2D eigenvalue weighted by Crippen LogP contribution is 1.97. The number of carbonyl (C=O) groups excluding carboxylic acids is 1. The fraction of sp³-hybridized carbons (Fsp3) is 0. The number of fused-ring (bicyclic) bond motifs is 1. The van der Waals surface area contributed by atoms with Crippen molar-refractivity contribution in [1.82, 2.24) is 19.4 Å². The first kappa shape index (κ1) is 5.96. The zero-order valence-corrected chi connectivity index (χ0v) is 5.51. The third-order valence-electron chi connectivity index (χ3n) is 1.35. The molecule has 2 heterocycles. The Morgan fingerprint density at radius 3 is 3.18 bits per heavy atom. The van der Waals surface area contributed by atoms with Crippen molar-refractivity contribution in [2.24, 2.45) is 0 Å². The monoisotopic (exact) mass is 148 g/mol. The normalized spacial score (nSPS) is 10.2. The Kier molecular flexibility index (Phi) is 1.15. The molecule has 5 nitrogen and oxygen atoms in total. The van der Waals surface area contributed by atoms with Gasteiger partial charge in [-0.1, -0.05) is 0 Å². The highest BCUT2D eigenvalue weighted by molar-refractivity contribution is 5.73. The Bertz CT molecular complexity index is 394. The van der Waals surface area contributed by atoms with Gasteiger partial charge in [-0.25, -0.2) is 15.0 Å². The van der Waals surface area contributed by atoms with Gasteiger partial charge in [-0.2, -0.15) is 0 Å². The predicted molar refractivity (Wildman–Crippen MR) is 36.2 cm³/mol. The van der Waals surface area contributed by atoms with Crippen LogP contribution < -0.4 is 0 Å². The standard InChI is InChI=1S/C6H4N4O/c11-2-5-1-8-6-9-3-7-4-10(5)6/h1-4H. The van der Waals surface area contributed by atoms with Gasteiger partial charge in [0.1, 0.15) is 18.3 Å². The van der Waals surface area contributed by atoms with E-state index in [1.54, 1.807) is 0 Å². The van der Waals surface area contributed by atoms with Gasteiger partial charge in [0.05, 0.1) is 6.20 Å². The van der Waals surface area contributed by atoms with Crippen LogP contribution >= 0.6 is 0 Å². The minimum atomic E-state index is 0.459. The van der Waals surface area contributed by atoms with Gasteiger partial charge in [-0.05, 0) is 0 Å². The number of hydrogen-bond donors (Lipinski definition) is 0. The van der Waals surface area contributed by atoms with Crippen LogP contribution in [0, 0.1) is 0 Å². The predicted octanol–water partition coefficient (Wildman–Crippen LogP) is -0.0632. The fourth-order valence-corrected chi connectivity index (χ4v) is 0.846. The molecule has 0 aliphatic carbocycles. The molecule has 0 fully saturated rings. The van der Waals surface area contributed by atoms with E-state index in [1.807, 2.05) is 0 Å². The summed E-state index contributed by atoms with van der Waals surface area (Å²) in [5.41, 5.74) is 0.459. The second-order valence-corrected chi connectivity index (χ2v) is 1.98. The molecule has 0 amide bonds. The summed E-state index contributed by atoms with van der Waals surface area (Å²) in [7, 11) is 0. The maximum atomic E-state index is 10.4. The minimum absolute atomic E-state index is 0.459. The molecule has 11 heavy (non-hydrogen) atoms. The zero-order valence-electron chi connectivity index (χ0n) is 5.51. The van der Waals surface area contributed by atoms with Crippen LogP contribution in [0.4, 0.5) is 0 Å². The molecule has 0 spiro atoms. The maximum absolute atomic E-state index is 10.4. The van der Waals surface area contributed by atoms with E-state index in [1.165, 1.54) is 23.3 Å². The lowest BCUT2D eigenvalue weighted by Crippen LogP contribution is -1.93. The molecule has 0 saturated heterocycles. The smallest absolute Gasteiger partial charge is 0.237 e. The van der Waals surface area contributed by atoms with Crippen LogP contribution in [0.1, 0.15) is 10.5 Å². The molecular weight excluding hydrogens is 144 g/mol. The first-order valence-electron chi connectivity index (χ1n) is 3.00. The van der Waals surface area contributed by atoms with Gasteiger partial charge in [0, 0.05) is 0 Å². The summed E-state index contributed by atoms with van der Waals surface area (Å²) in [4.78, 5) is 21.8. The third-order valence-corrected chi connectivity index (χ3v) is 1.35. The van der Waals surface area contributed by atoms with Crippen molar-refractivity contribution in [1.29, 1.82) is 0 Å². The topological polar surface area (TPSA) is 60.2 Å². The second kappa shape index (κ2) is 2.12. The zero-order chi connectivity index (χ0) is 7.68. The van der Waals surface area contributed by atoms with Gasteiger partial charge < -0.3 is 0 Å². The van der Waals surface area contributed by atoms with Crippen molar-refractivity contribution in [2.45, 2.75) is 0 Å². The van der Waals surface area contributed by atoms with Gasteiger partial charge in [0.15, 0.2) is 6.29 Å². The molecule has 0 radical (unpaired) electrons. The quantitative estimate of drug-likeness (QED) is 0.531. The molecule has 54 valence electrons. The Balaban J connectivity index is 2.86. The van der Waals surface area contributed by atoms with Crippen molar-refractivity contribution < 1.29 is 4.79 Å². The largest absolute Gasteiger partial charge is 0.296 e. The van der Waals surface area contributed by atoms with Crippen LogP contribution in [0.15, 0.2) is 18.9 Å². The Morgan fingerprint density at radius 2 is 2.36 bits per heavy atom. The number of rotatable bonds is 1. The maximum Gasteiger partial charge on any atom is 0.237 e. The molecule has 0 aromatic carbocycles. The highest BCUT2D eigenvalue weighted by atomic mass is 16.1. The number of nitrogens with zero attached hydrogens (tertiary/aromatic N) is 4. The van der Waals surface area contributed by atoms with Crippen LogP contribution in [0.5, 0.6) is 0 Å². The summed E-state index contributed by atoms with van der Waals surface area (Å²) in [5, 5.41) is 0. The van der Waals surface area contributed by atoms with E-state index < -0.39 is 0 Å². The summed E-state index contributed by atoms with van der Waals surface area (Å²) in [6, 6.07) is 0. The molecule has 2 aromatic rings. The molecule has 0 aliphatic rings. The number of aldehydes is 1. The molecule has 2 rings (SSSR count). The van der Waals surface area contributed by atoms with Crippen molar-refractivity contribution in [2.75, 3.05) is 0 Å². The van der Waals surface area contributed by atoms with E-state index in [4.69, 9.17) is 0 Å². The van der Waals surface area contributed by atoms with E-state index in [0.717, 1.165) is 0 Å². The van der Waals surface area contributed by atoms with Crippen molar-refractivity contribution in [3.8, 4) is 0 Å². The number of imidazole rings is 1. The van der Waals surface area contributed by atoms with Crippen molar-refractivity contribution in [3.63, 3.8) is 0 Å². The fourth-order valence-electron chi connectivity index (χ4n) is 0.846. The first-order valence-corrected chi connectivity index (χ1v) is 3.00. The molecule has 0 atom stereocenters. The summed E-state index contributed by atoms with van der Waals surface area (Å²) in [5.74, 6) is 0.488. The lowest BCUT2D eigenvalue weighted by atomic mass is 10.5. The van der Waals surface area contributed by atoms with Crippen LogP contribution in [0.2, 0.25) is 0 Å². The van der Waals surface area contributed by atoms with E-state index in [9.17, 15) is 4.79 Å². The van der Waals surface area contributed by atoms with E-state index in [0.29, 0.717) is 17.8 Å². The summed E-state index contributed by atoms with van der Waals surface area (Å²) >= 11 is 0. The van der Waals surface area contributed by atoms with Gasteiger partial charge >= 0.3 is 0 Å². The number of hydrogen-bond acceptors (Lipinski definition) is 4. The summed E-state index contributed by atoms with van der Waals surface area (Å²) < 4.78 is 1.52. The first-order chi connectivity index (χ1) is 5.42. The SMILES string of the molecule is O=Cc1cnc2ncncn12. The van der Waals surface area contributed by atoms with Crippen molar-refractivity contribution in [3.05, 3.63) is 24.5 Å².